The average Bonchev–Trinajstić information content (AvgIpc) is 3.17. The van der Waals surface area contributed by atoms with E-state index in [9.17, 15) is 14.7 Å². The van der Waals surface area contributed by atoms with Crippen molar-refractivity contribution in [3.8, 4) is 22.5 Å². The van der Waals surface area contributed by atoms with Gasteiger partial charge in [0.15, 0.2) is 0 Å². The van der Waals surface area contributed by atoms with Gasteiger partial charge in [0.1, 0.15) is 0 Å². The highest BCUT2D eigenvalue weighted by molar-refractivity contribution is 6.76. The summed E-state index contributed by atoms with van der Waals surface area (Å²) < 4.78 is 7.02. The molecule has 0 bridgehead atoms. The van der Waals surface area contributed by atoms with Crippen molar-refractivity contribution in [3.05, 3.63) is 84.4 Å². The first-order valence-electron chi connectivity index (χ1n) is 11.2. The summed E-state index contributed by atoms with van der Waals surface area (Å²) in [7, 11) is -1.37. The van der Waals surface area contributed by atoms with Crippen LogP contribution in [0.5, 0.6) is 0 Å². The number of ether oxygens (including phenoxy) is 1. The minimum absolute atomic E-state index is 0.0950. The van der Waals surface area contributed by atoms with Crippen LogP contribution in [0, 0.1) is 0 Å². The molecule has 1 amide bonds. The molecule has 0 saturated carbocycles. The highest BCUT2D eigenvalue weighted by Crippen LogP contribution is 2.36. The minimum atomic E-state index is -1.37. The lowest BCUT2D eigenvalue weighted by Gasteiger charge is -2.18. The Morgan fingerprint density at radius 3 is 2.32 bits per heavy atom. The standard InChI is InChI=1S/C27H28N2O4Si/c1-34(2,3)17-16-33-27(32)28-29-24(20-11-5-4-6-12-20)18-23(26(30)31)25(29)22-15-9-13-19-10-7-8-14-21(19)22/h4-15,18H,16-17H2,1-3H3,(H,28,32)(H,30,31). The molecule has 174 valence electrons. The molecule has 0 aliphatic carbocycles. The summed E-state index contributed by atoms with van der Waals surface area (Å²) in [5.41, 5.74) is 5.34. The Morgan fingerprint density at radius 2 is 1.62 bits per heavy atom. The number of carbonyl (C=O) groups excluding carboxylic acids is 1. The van der Waals surface area contributed by atoms with Crippen LogP contribution in [-0.4, -0.2) is 36.5 Å². The number of rotatable bonds is 7. The summed E-state index contributed by atoms with van der Waals surface area (Å²) in [5.74, 6) is -1.08. The van der Waals surface area contributed by atoms with Gasteiger partial charge in [-0.1, -0.05) is 92.4 Å². The maximum absolute atomic E-state index is 12.8. The van der Waals surface area contributed by atoms with Gasteiger partial charge < -0.3 is 9.84 Å². The zero-order valence-electron chi connectivity index (χ0n) is 19.5. The van der Waals surface area contributed by atoms with Gasteiger partial charge in [-0.15, -0.1) is 0 Å². The Kier molecular flexibility index (Phi) is 6.56. The third kappa shape index (κ3) is 5.04. The van der Waals surface area contributed by atoms with E-state index in [2.05, 4.69) is 25.1 Å². The topological polar surface area (TPSA) is 80.6 Å². The Balaban J connectivity index is 1.87. The number of benzene rings is 3. The smallest absolute Gasteiger partial charge is 0.426 e. The third-order valence-corrected chi connectivity index (χ3v) is 7.34. The molecule has 6 nitrogen and oxygen atoms in total. The van der Waals surface area contributed by atoms with E-state index >= 15 is 0 Å². The van der Waals surface area contributed by atoms with Gasteiger partial charge in [0.2, 0.25) is 0 Å². The van der Waals surface area contributed by atoms with Gasteiger partial charge in [-0.25, -0.2) is 19.7 Å². The fraction of sp³-hybridized carbons (Fsp3) is 0.185. The second-order valence-corrected chi connectivity index (χ2v) is 15.0. The van der Waals surface area contributed by atoms with Gasteiger partial charge in [0, 0.05) is 19.2 Å². The normalized spacial score (nSPS) is 11.4. The summed E-state index contributed by atoms with van der Waals surface area (Å²) in [6.07, 6.45) is -0.621. The maximum atomic E-state index is 12.8. The van der Waals surface area contributed by atoms with Crippen molar-refractivity contribution in [2.24, 2.45) is 0 Å². The predicted octanol–water partition coefficient (Wildman–Crippen LogP) is 6.69. The number of aromatic carboxylic acids is 1. The zero-order valence-corrected chi connectivity index (χ0v) is 20.5. The van der Waals surface area contributed by atoms with Crippen molar-refractivity contribution in [1.29, 1.82) is 0 Å². The lowest BCUT2D eigenvalue weighted by Crippen LogP contribution is -2.28. The molecule has 4 aromatic rings. The number of carboxylic acids is 1. The van der Waals surface area contributed by atoms with Crippen molar-refractivity contribution < 1.29 is 19.4 Å². The van der Waals surface area contributed by atoms with E-state index in [4.69, 9.17) is 4.74 Å². The number of hydrogen-bond acceptors (Lipinski definition) is 3. The number of nitrogens with zero attached hydrogens (tertiary/aromatic N) is 1. The SMILES string of the molecule is C[Si](C)(C)CCOC(=O)Nn1c(-c2ccccc2)cc(C(=O)O)c1-c1cccc2ccccc12. The molecule has 0 radical (unpaired) electrons. The zero-order chi connectivity index (χ0) is 24.3. The van der Waals surface area contributed by atoms with Gasteiger partial charge in [0.25, 0.3) is 0 Å². The van der Waals surface area contributed by atoms with Crippen molar-refractivity contribution in [2.45, 2.75) is 25.7 Å². The number of amides is 1. The lowest BCUT2D eigenvalue weighted by atomic mass is 10.00. The molecule has 1 heterocycles. The molecule has 0 unspecified atom stereocenters. The van der Waals surface area contributed by atoms with Crippen LogP contribution >= 0.6 is 0 Å². The van der Waals surface area contributed by atoms with E-state index in [1.807, 2.05) is 72.8 Å². The van der Waals surface area contributed by atoms with Crippen molar-refractivity contribution >= 4 is 30.9 Å². The molecule has 0 fully saturated rings. The molecule has 7 heteroatoms. The van der Waals surface area contributed by atoms with Gasteiger partial charge in [-0.3, -0.25) is 0 Å². The van der Waals surface area contributed by atoms with Crippen LogP contribution in [0.4, 0.5) is 4.79 Å². The molecule has 0 aliphatic heterocycles. The summed E-state index contributed by atoms with van der Waals surface area (Å²) in [5, 5.41) is 12.0. The predicted molar refractivity (Wildman–Crippen MR) is 139 cm³/mol. The van der Waals surface area contributed by atoms with Crippen LogP contribution in [0.3, 0.4) is 0 Å². The minimum Gasteiger partial charge on any atom is -0.478 e. The number of nitrogens with one attached hydrogen (secondary N) is 1. The number of fused-ring (bicyclic) bond motifs is 1. The largest absolute Gasteiger partial charge is 0.478 e. The molecule has 0 atom stereocenters. The van der Waals surface area contributed by atoms with Crippen LogP contribution in [0.2, 0.25) is 25.7 Å². The van der Waals surface area contributed by atoms with Gasteiger partial charge in [-0.05, 0) is 22.9 Å². The van der Waals surface area contributed by atoms with Gasteiger partial charge >= 0.3 is 12.1 Å². The highest BCUT2D eigenvalue weighted by atomic mass is 28.3. The molecule has 2 N–H and O–H groups in total. The lowest BCUT2D eigenvalue weighted by molar-refractivity contribution is 0.0697. The van der Waals surface area contributed by atoms with Crippen LogP contribution in [0.15, 0.2) is 78.9 Å². The van der Waals surface area contributed by atoms with Crippen LogP contribution in [0.25, 0.3) is 33.3 Å². The molecule has 0 spiro atoms. The molecule has 1 aromatic heterocycles. The second-order valence-electron chi connectivity index (χ2n) is 9.38. The summed E-state index contributed by atoms with van der Waals surface area (Å²) in [4.78, 5) is 25.2. The van der Waals surface area contributed by atoms with Gasteiger partial charge in [-0.2, -0.15) is 0 Å². The van der Waals surface area contributed by atoms with Gasteiger partial charge in [0.05, 0.1) is 23.6 Å². The van der Waals surface area contributed by atoms with E-state index in [-0.39, 0.29) is 5.56 Å². The molecule has 0 aliphatic rings. The van der Waals surface area contributed by atoms with Crippen molar-refractivity contribution in [1.82, 2.24) is 4.68 Å². The number of aromatic nitrogens is 1. The molecular weight excluding hydrogens is 444 g/mol. The summed E-state index contributed by atoms with van der Waals surface area (Å²) in [6.45, 7) is 6.96. The first-order valence-corrected chi connectivity index (χ1v) is 14.9. The van der Waals surface area contributed by atoms with E-state index in [1.54, 1.807) is 6.07 Å². The molecule has 34 heavy (non-hydrogen) atoms. The Bertz CT molecular complexity index is 1330. The maximum Gasteiger partial charge on any atom is 0.426 e. The quantitative estimate of drug-likeness (QED) is 0.294. The van der Waals surface area contributed by atoms with Crippen molar-refractivity contribution in [2.75, 3.05) is 12.0 Å². The number of carboxylic acid groups (broad SMARTS) is 1. The van der Waals surface area contributed by atoms with Crippen LogP contribution < -0.4 is 5.43 Å². The molecular formula is C27H28N2O4Si. The Hall–Kier alpha value is -3.84. The summed E-state index contributed by atoms with van der Waals surface area (Å²) >= 11 is 0. The Labute approximate surface area is 199 Å². The fourth-order valence-electron chi connectivity index (χ4n) is 3.88. The first kappa shape index (κ1) is 23.3. The molecule has 0 saturated heterocycles. The van der Waals surface area contributed by atoms with Crippen molar-refractivity contribution in [3.63, 3.8) is 0 Å². The van der Waals surface area contributed by atoms with E-state index in [1.165, 1.54) is 4.68 Å². The first-order chi connectivity index (χ1) is 16.2. The molecule has 3 aromatic carbocycles. The third-order valence-electron chi connectivity index (χ3n) is 5.63. The molecule has 4 rings (SSSR count). The number of hydrogen-bond donors (Lipinski definition) is 2. The van der Waals surface area contributed by atoms with E-state index < -0.39 is 20.1 Å². The van der Waals surface area contributed by atoms with Crippen LogP contribution in [-0.2, 0) is 4.74 Å². The van der Waals surface area contributed by atoms with E-state index in [0.717, 1.165) is 22.4 Å². The Morgan fingerprint density at radius 1 is 0.941 bits per heavy atom. The fourth-order valence-corrected chi connectivity index (χ4v) is 4.60. The summed E-state index contributed by atoms with van der Waals surface area (Å²) in [6, 6.07) is 25.3. The number of carbonyl (C=O) groups is 2. The monoisotopic (exact) mass is 472 g/mol. The second kappa shape index (κ2) is 9.57. The van der Waals surface area contributed by atoms with E-state index in [0.29, 0.717) is 23.6 Å². The van der Waals surface area contributed by atoms with Crippen LogP contribution in [0.1, 0.15) is 10.4 Å². The average molecular weight is 473 g/mol. The highest BCUT2D eigenvalue weighted by Gasteiger charge is 2.25.